The van der Waals surface area contributed by atoms with Gasteiger partial charge in [0.2, 0.25) is 5.91 Å². The number of nitrogens with one attached hydrogen (secondary N) is 1. The Labute approximate surface area is 169 Å². The Morgan fingerprint density at radius 1 is 1.15 bits per heavy atom. The highest BCUT2D eigenvalue weighted by molar-refractivity contribution is 6.35. The van der Waals surface area contributed by atoms with Crippen molar-refractivity contribution in [2.24, 2.45) is 5.92 Å². The Kier molecular flexibility index (Phi) is 6.46. The smallest absolute Gasteiger partial charge is 0.228 e. The highest BCUT2D eigenvalue weighted by Crippen LogP contribution is 2.26. The van der Waals surface area contributed by atoms with E-state index in [1.165, 1.54) is 0 Å². The minimum absolute atomic E-state index is 0.0438. The van der Waals surface area contributed by atoms with Gasteiger partial charge in [0.05, 0.1) is 5.92 Å². The normalized spacial score (nSPS) is 17.9. The van der Waals surface area contributed by atoms with Crippen LogP contribution in [0.4, 0.5) is 5.69 Å². The van der Waals surface area contributed by atoms with E-state index in [4.69, 9.17) is 34.8 Å². The molecule has 6 heteroatoms. The third-order valence-corrected chi connectivity index (χ3v) is 5.56. The van der Waals surface area contributed by atoms with E-state index >= 15 is 0 Å². The van der Waals surface area contributed by atoms with Crippen LogP contribution in [0.3, 0.4) is 0 Å². The van der Waals surface area contributed by atoms with Crippen LogP contribution in [0, 0.1) is 12.8 Å². The van der Waals surface area contributed by atoms with Crippen molar-refractivity contribution in [1.82, 2.24) is 4.90 Å². The number of carbonyl (C=O) groups is 1. The van der Waals surface area contributed by atoms with Crippen LogP contribution in [0.25, 0.3) is 0 Å². The molecule has 26 heavy (non-hydrogen) atoms. The third kappa shape index (κ3) is 4.92. The molecule has 3 rings (SSSR count). The highest BCUT2D eigenvalue weighted by Gasteiger charge is 2.26. The highest BCUT2D eigenvalue weighted by atomic mass is 35.5. The summed E-state index contributed by atoms with van der Waals surface area (Å²) in [5, 5.41) is 4.95. The number of hydrogen-bond donors (Lipinski definition) is 1. The minimum atomic E-state index is -0.0480. The first-order chi connectivity index (χ1) is 12.4. The van der Waals surface area contributed by atoms with Gasteiger partial charge in [0.25, 0.3) is 0 Å². The lowest BCUT2D eigenvalue weighted by Crippen LogP contribution is -2.40. The molecule has 1 heterocycles. The number of amides is 1. The lowest BCUT2D eigenvalue weighted by molar-refractivity contribution is -0.121. The topological polar surface area (TPSA) is 32.3 Å². The van der Waals surface area contributed by atoms with Crippen molar-refractivity contribution >= 4 is 46.4 Å². The summed E-state index contributed by atoms with van der Waals surface area (Å²) in [6.07, 6.45) is 1.87. The predicted molar refractivity (Wildman–Crippen MR) is 109 cm³/mol. The van der Waals surface area contributed by atoms with Crippen LogP contribution in [0.5, 0.6) is 0 Å². The average Bonchev–Trinajstić information content (AvgIpc) is 2.61. The second-order valence-electron chi connectivity index (χ2n) is 6.76. The molecule has 0 radical (unpaired) electrons. The largest absolute Gasteiger partial charge is 0.326 e. The van der Waals surface area contributed by atoms with Gasteiger partial charge in [0, 0.05) is 33.8 Å². The van der Waals surface area contributed by atoms with Crippen LogP contribution in [-0.2, 0) is 11.3 Å². The molecule has 1 saturated heterocycles. The van der Waals surface area contributed by atoms with E-state index in [0.717, 1.165) is 42.7 Å². The van der Waals surface area contributed by atoms with Crippen molar-refractivity contribution in [2.45, 2.75) is 26.3 Å². The van der Waals surface area contributed by atoms with Crippen LogP contribution in [0.2, 0.25) is 15.1 Å². The number of anilines is 1. The molecule has 1 atom stereocenters. The van der Waals surface area contributed by atoms with Crippen LogP contribution in [0.15, 0.2) is 36.4 Å². The van der Waals surface area contributed by atoms with E-state index in [1.807, 2.05) is 31.2 Å². The molecule has 0 bridgehead atoms. The van der Waals surface area contributed by atoms with Gasteiger partial charge in [0.15, 0.2) is 0 Å². The maximum absolute atomic E-state index is 12.7. The van der Waals surface area contributed by atoms with Gasteiger partial charge in [-0.3, -0.25) is 9.69 Å². The first-order valence-corrected chi connectivity index (χ1v) is 9.79. The summed E-state index contributed by atoms with van der Waals surface area (Å²) in [7, 11) is 0. The summed E-state index contributed by atoms with van der Waals surface area (Å²) < 4.78 is 0. The molecule has 1 aliphatic rings. The fourth-order valence-corrected chi connectivity index (χ4v) is 3.91. The SMILES string of the molecule is Cc1ccc(Cl)cc1NC(=O)[C@@H]1CCCN(Cc2ccc(Cl)cc2Cl)C1. The van der Waals surface area contributed by atoms with Gasteiger partial charge in [-0.2, -0.15) is 0 Å². The van der Waals surface area contributed by atoms with Gasteiger partial charge in [0.1, 0.15) is 0 Å². The number of piperidine rings is 1. The van der Waals surface area contributed by atoms with Crippen LogP contribution in [0.1, 0.15) is 24.0 Å². The molecular weight excluding hydrogens is 391 g/mol. The van der Waals surface area contributed by atoms with Crippen molar-refractivity contribution < 1.29 is 4.79 Å². The molecule has 1 N–H and O–H groups in total. The van der Waals surface area contributed by atoms with Gasteiger partial charge in [-0.05, 0) is 61.7 Å². The van der Waals surface area contributed by atoms with Gasteiger partial charge in [-0.1, -0.05) is 46.9 Å². The molecule has 138 valence electrons. The van der Waals surface area contributed by atoms with E-state index in [2.05, 4.69) is 10.2 Å². The molecule has 0 unspecified atom stereocenters. The molecular formula is C20H21Cl3N2O. The predicted octanol–water partition coefficient (Wildman–Crippen LogP) is 5.81. The number of halogens is 3. The zero-order chi connectivity index (χ0) is 18.7. The Bertz CT molecular complexity index is 810. The molecule has 0 saturated carbocycles. The summed E-state index contributed by atoms with van der Waals surface area (Å²) in [5.41, 5.74) is 2.81. The summed E-state index contributed by atoms with van der Waals surface area (Å²) in [6, 6.07) is 11.1. The minimum Gasteiger partial charge on any atom is -0.326 e. The summed E-state index contributed by atoms with van der Waals surface area (Å²) in [6.45, 7) is 4.35. The fourth-order valence-electron chi connectivity index (χ4n) is 3.27. The number of benzene rings is 2. The number of aryl methyl sites for hydroxylation is 1. The van der Waals surface area contributed by atoms with Gasteiger partial charge < -0.3 is 5.32 Å². The van der Waals surface area contributed by atoms with Gasteiger partial charge in [-0.15, -0.1) is 0 Å². The average molecular weight is 412 g/mol. The number of nitrogens with zero attached hydrogens (tertiary/aromatic N) is 1. The van der Waals surface area contributed by atoms with E-state index in [1.54, 1.807) is 12.1 Å². The van der Waals surface area contributed by atoms with Crippen LogP contribution in [-0.4, -0.2) is 23.9 Å². The van der Waals surface area contributed by atoms with Crippen molar-refractivity contribution in [1.29, 1.82) is 0 Å². The molecule has 3 nitrogen and oxygen atoms in total. The molecule has 0 aliphatic carbocycles. The Morgan fingerprint density at radius 2 is 1.88 bits per heavy atom. The van der Waals surface area contributed by atoms with Gasteiger partial charge >= 0.3 is 0 Å². The van der Waals surface area contributed by atoms with Crippen molar-refractivity contribution in [3.05, 3.63) is 62.6 Å². The van der Waals surface area contributed by atoms with Crippen molar-refractivity contribution in [3.8, 4) is 0 Å². The molecule has 1 fully saturated rings. The Morgan fingerprint density at radius 3 is 2.65 bits per heavy atom. The van der Waals surface area contributed by atoms with E-state index in [9.17, 15) is 4.79 Å². The lowest BCUT2D eigenvalue weighted by Gasteiger charge is -2.32. The zero-order valence-corrected chi connectivity index (χ0v) is 16.8. The number of likely N-dealkylation sites (tertiary alicyclic amines) is 1. The lowest BCUT2D eigenvalue weighted by atomic mass is 9.96. The maximum atomic E-state index is 12.7. The maximum Gasteiger partial charge on any atom is 0.228 e. The molecule has 2 aromatic carbocycles. The number of hydrogen-bond acceptors (Lipinski definition) is 2. The molecule has 1 amide bonds. The van der Waals surface area contributed by atoms with Crippen molar-refractivity contribution in [2.75, 3.05) is 18.4 Å². The van der Waals surface area contributed by atoms with Crippen molar-refractivity contribution in [3.63, 3.8) is 0 Å². The number of rotatable bonds is 4. The first kappa shape index (κ1) is 19.5. The molecule has 1 aliphatic heterocycles. The monoisotopic (exact) mass is 410 g/mol. The number of carbonyl (C=O) groups excluding carboxylic acids is 1. The Hall–Kier alpha value is -1.26. The second kappa shape index (κ2) is 8.62. The van der Waals surface area contributed by atoms with E-state index in [-0.39, 0.29) is 11.8 Å². The third-order valence-electron chi connectivity index (χ3n) is 4.74. The molecule has 0 aromatic heterocycles. The fraction of sp³-hybridized carbons (Fsp3) is 0.350. The van der Waals surface area contributed by atoms with Crippen LogP contribution >= 0.6 is 34.8 Å². The van der Waals surface area contributed by atoms with Gasteiger partial charge in [-0.25, -0.2) is 0 Å². The van der Waals surface area contributed by atoms with Crippen LogP contribution < -0.4 is 5.32 Å². The molecule has 2 aromatic rings. The quantitative estimate of drug-likeness (QED) is 0.689. The van der Waals surface area contributed by atoms with E-state index in [0.29, 0.717) is 21.6 Å². The van der Waals surface area contributed by atoms with E-state index < -0.39 is 0 Å². The summed E-state index contributed by atoms with van der Waals surface area (Å²) in [4.78, 5) is 15.0. The molecule has 0 spiro atoms. The standard InChI is InChI=1S/C20H21Cl3N2O/c1-13-4-6-17(22)10-19(13)24-20(26)15-3-2-8-25(12-15)11-14-5-7-16(21)9-18(14)23/h4-7,9-10,15H,2-3,8,11-12H2,1H3,(H,24,26)/t15-/m1/s1. The summed E-state index contributed by atoms with van der Waals surface area (Å²) in [5.74, 6) is -0.00419. The first-order valence-electron chi connectivity index (χ1n) is 8.65. The zero-order valence-electron chi connectivity index (χ0n) is 14.6. The Balaban J connectivity index is 1.64. The second-order valence-corrected chi connectivity index (χ2v) is 8.04. The summed E-state index contributed by atoms with van der Waals surface area (Å²) >= 11 is 18.3.